The predicted molar refractivity (Wildman–Crippen MR) is 79.7 cm³/mol. The molecule has 0 saturated carbocycles. The van der Waals surface area contributed by atoms with Gasteiger partial charge < -0.3 is 4.74 Å². The number of hydrogen-bond donors (Lipinski definition) is 0. The molecular weight excluding hydrogens is 275 g/mol. The van der Waals surface area contributed by atoms with Crippen molar-refractivity contribution in [1.82, 2.24) is 0 Å². The Morgan fingerprint density at radius 2 is 1.95 bits per heavy atom. The van der Waals surface area contributed by atoms with Crippen LogP contribution in [0.4, 0.5) is 4.39 Å². The molecule has 2 atom stereocenters. The van der Waals surface area contributed by atoms with E-state index in [1.807, 2.05) is 24.3 Å². The van der Waals surface area contributed by atoms with Crippen LogP contribution in [0.2, 0.25) is 0 Å². The second-order valence-electron chi connectivity index (χ2n) is 4.54. The number of hydrogen-bond acceptors (Lipinski definition) is 2. The molecule has 0 spiro atoms. The Balaban J connectivity index is 2.13. The third-order valence-electron chi connectivity index (χ3n) is 3.18. The number of halogens is 1. The minimum absolute atomic E-state index is 0.306. The summed E-state index contributed by atoms with van der Waals surface area (Å²) in [6.45, 7) is 1.79. The van der Waals surface area contributed by atoms with Crippen LogP contribution >= 0.6 is 0 Å². The third kappa shape index (κ3) is 3.45. The van der Waals surface area contributed by atoms with Crippen molar-refractivity contribution in [2.24, 2.45) is 0 Å². The molecule has 0 radical (unpaired) electrons. The lowest BCUT2D eigenvalue weighted by Gasteiger charge is -2.13. The fourth-order valence-electron chi connectivity index (χ4n) is 2.00. The average Bonchev–Trinajstić information content (AvgIpc) is 2.47. The molecule has 2 aromatic carbocycles. The molecule has 0 bridgehead atoms. The molecule has 2 aromatic rings. The first kappa shape index (κ1) is 14.7. The van der Waals surface area contributed by atoms with E-state index in [9.17, 15) is 8.60 Å². The number of ether oxygens (including phenoxy) is 1. The fraction of sp³-hybridized carbons (Fsp3) is 0.250. The molecule has 0 aliphatic carbocycles. The third-order valence-corrected chi connectivity index (χ3v) is 4.84. The van der Waals surface area contributed by atoms with Crippen LogP contribution in [0.5, 0.6) is 5.75 Å². The van der Waals surface area contributed by atoms with Crippen LogP contribution in [0.25, 0.3) is 0 Å². The lowest BCUT2D eigenvalue weighted by atomic mass is 10.1. The van der Waals surface area contributed by atoms with Crippen molar-refractivity contribution in [3.63, 3.8) is 0 Å². The van der Waals surface area contributed by atoms with Crippen LogP contribution in [-0.4, -0.2) is 11.3 Å². The molecular formula is C16H17FO2S. The van der Waals surface area contributed by atoms with Gasteiger partial charge in [0.1, 0.15) is 11.6 Å². The summed E-state index contributed by atoms with van der Waals surface area (Å²) < 4.78 is 31.2. The van der Waals surface area contributed by atoms with E-state index in [0.29, 0.717) is 11.3 Å². The highest BCUT2D eigenvalue weighted by molar-refractivity contribution is 7.84. The first-order valence-electron chi connectivity index (χ1n) is 6.36. The van der Waals surface area contributed by atoms with E-state index in [1.54, 1.807) is 32.2 Å². The maximum Gasteiger partial charge on any atom is 0.127 e. The fourth-order valence-corrected chi connectivity index (χ4v) is 3.23. The minimum Gasteiger partial charge on any atom is -0.497 e. The standard InChI is InChI=1S/C16H17FO2S/c1-12(15-8-3-4-9-16(15)17)20(18)11-13-6-5-7-14(10-13)19-2/h3-10,12H,11H2,1-2H3/t12-,20+/m0/s1. The summed E-state index contributed by atoms with van der Waals surface area (Å²) >= 11 is 0. The van der Waals surface area contributed by atoms with E-state index in [4.69, 9.17) is 4.74 Å². The molecule has 0 unspecified atom stereocenters. The normalized spacial score (nSPS) is 13.8. The molecule has 4 heteroatoms. The van der Waals surface area contributed by atoms with Crippen LogP contribution in [0.1, 0.15) is 23.3 Å². The minimum atomic E-state index is -1.18. The van der Waals surface area contributed by atoms with E-state index in [-0.39, 0.29) is 11.1 Å². The average molecular weight is 292 g/mol. The van der Waals surface area contributed by atoms with Gasteiger partial charge in [0.05, 0.1) is 12.4 Å². The van der Waals surface area contributed by atoms with Crippen LogP contribution < -0.4 is 4.74 Å². The summed E-state index contributed by atoms with van der Waals surface area (Å²) in [7, 11) is 0.412. The highest BCUT2D eigenvalue weighted by Gasteiger charge is 2.17. The monoisotopic (exact) mass is 292 g/mol. The van der Waals surface area contributed by atoms with Crippen molar-refractivity contribution in [1.29, 1.82) is 0 Å². The van der Waals surface area contributed by atoms with Gasteiger partial charge in [-0.1, -0.05) is 30.3 Å². The summed E-state index contributed by atoms with van der Waals surface area (Å²) in [6, 6.07) is 13.9. The SMILES string of the molecule is COc1cccc(C[S@@](=O)[C@@H](C)c2ccccc2F)c1. The molecule has 2 rings (SSSR count). The second-order valence-corrected chi connectivity index (χ2v) is 6.30. The molecule has 0 aromatic heterocycles. The van der Waals surface area contributed by atoms with Crippen molar-refractivity contribution in [3.05, 3.63) is 65.5 Å². The van der Waals surface area contributed by atoms with Crippen molar-refractivity contribution >= 4 is 10.8 Å². The second kappa shape index (κ2) is 6.66. The van der Waals surface area contributed by atoms with E-state index in [2.05, 4.69) is 0 Å². The molecule has 0 saturated heterocycles. The molecule has 0 aliphatic rings. The van der Waals surface area contributed by atoms with Gasteiger partial charge in [-0.2, -0.15) is 0 Å². The quantitative estimate of drug-likeness (QED) is 0.837. The van der Waals surface area contributed by atoms with E-state index < -0.39 is 10.8 Å². The Bertz CT molecular complexity index is 613. The zero-order valence-corrected chi connectivity index (χ0v) is 12.3. The zero-order valence-electron chi connectivity index (χ0n) is 11.5. The van der Waals surface area contributed by atoms with Gasteiger partial charge in [0, 0.05) is 22.1 Å². The summed E-state index contributed by atoms with van der Waals surface area (Å²) in [5.74, 6) is 0.809. The summed E-state index contributed by atoms with van der Waals surface area (Å²) in [5, 5.41) is -0.345. The molecule has 0 heterocycles. The summed E-state index contributed by atoms with van der Waals surface area (Å²) in [5.41, 5.74) is 1.42. The van der Waals surface area contributed by atoms with Gasteiger partial charge in [0.15, 0.2) is 0 Å². The number of rotatable bonds is 5. The Morgan fingerprint density at radius 1 is 1.20 bits per heavy atom. The number of methoxy groups -OCH3 is 1. The summed E-state index contributed by atoms with van der Waals surface area (Å²) in [6.07, 6.45) is 0. The van der Waals surface area contributed by atoms with Gasteiger partial charge in [-0.15, -0.1) is 0 Å². The van der Waals surface area contributed by atoms with E-state index in [1.165, 1.54) is 6.07 Å². The summed E-state index contributed by atoms with van der Waals surface area (Å²) in [4.78, 5) is 0. The van der Waals surface area contributed by atoms with Gasteiger partial charge in [-0.3, -0.25) is 4.21 Å². The van der Waals surface area contributed by atoms with Gasteiger partial charge in [0.2, 0.25) is 0 Å². The lowest BCUT2D eigenvalue weighted by Crippen LogP contribution is -2.07. The Hall–Kier alpha value is -1.68. The smallest absolute Gasteiger partial charge is 0.127 e. The molecule has 0 N–H and O–H groups in total. The van der Waals surface area contributed by atoms with Crippen LogP contribution in [0.15, 0.2) is 48.5 Å². The van der Waals surface area contributed by atoms with Crippen molar-refractivity contribution in [3.8, 4) is 5.75 Å². The van der Waals surface area contributed by atoms with Crippen LogP contribution in [0, 0.1) is 5.82 Å². The molecule has 2 nitrogen and oxygen atoms in total. The van der Waals surface area contributed by atoms with E-state index >= 15 is 0 Å². The number of benzene rings is 2. The Kier molecular flexibility index (Phi) is 4.90. The molecule has 0 amide bonds. The molecule has 0 fully saturated rings. The Morgan fingerprint density at radius 3 is 2.65 bits per heavy atom. The first-order valence-corrected chi connectivity index (χ1v) is 7.74. The van der Waals surface area contributed by atoms with Gasteiger partial charge in [-0.25, -0.2) is 4.39 Å². The van der Waals surface area contributed by atoms with Crippen molar-refractivity contribution < 1.29 is 13.3 Å². The zero-order chi connectivity index (χ0) is 14.5. The van der Waals surface area contributed by atoms with Gasteiger partial charge in [-0.05, 0) is 30.7 Å². The predicted octanol–water partition coefficient (Wildman–Crippen LogP) is 3.84. The molecule has 106 valence electrons. The highest BCUT2D eigenvalue weighted by Crippen LogP contribution is 2.25. The first-order chi connectivity index (χ1) is 9.61. The Labute approximate surface area is 121 Å². The highest BCUT2D eigenvalue weighted by atomic mass is 32.2. The van der Waals surface area contributed by atoms with Crippen LogP contribution in [0.3, 0.4) is 0 Å². The van der Waals surface area contributed by atoms with E-state index in [0.717, 1.165) is 11.3 Å². The topological polar surface area (TPSA) is 26.3 Å². The molecule has 0 aliphatic heterocycles. The molecule has 20 heavy (non-hydrogen) atoms. The van der Waals surface area contributed by atoms with Gasteiger partial charge in [0.25, 0.3) is 0 Å². The van der Waals surface area contributed by atoms with Gasteiger partial charge >= 0.3 is 0 Å². The largest absolute Gasteiger partial charge is 0.497 e. The van der Waals surface area contributed by atoms with Crippen LogP contribution in [-0.2, 0) is 16.6 Å². The maximum absolute atomic E-state index is 13.7. The lowest BCUT2D eigenvalue weighted by molar-refractivity contribution is 0.414. The van der Waals surface area contributed by atoms with Crippen molar-refractivity contribution in [2.75, 3.05) is 7.11 Å². The maximum atomic E-state index is 13.7. The van der Waals surface area contributed by atoms with Crippen molar-refractivity contribution in [2.45, 2.75) is 17.9 Å².